The molecule has 0 unspecified atom stereocenters. The Morgan fingerprint density at radius 1 is 1.47 bits per heavy atom. The molecule has 0 amide bonds. The summed E-state index contributed by atoms with van der Waals surface area (Å²) in [5, 5.41) is 2.96. The molecule has 0 saturated heterocycles. The lowest BCUT2D eigenvalue weighted by Crippen LogP contribution is -2.27. The zero-order chi connectivity index (χ0) is 12.9. The minimum absolute atomic E-state index is 0.225. The van der Waals surface area contributed by atoms with Crippen molar-refractivity contribution >= 4 is 33.0 Å². The topological polar surface area (TPSA) is 97.1 Å². The quantitative estimate of drug-likeness (QED) is 0.486. The molecule has 1 rings (SSSR count). The maximum absolute atomic E-state index is 10.8. The number of hydrogen-bond acceptors (Lipinski definition) is 5. The Balaban J connectivity index is 2.47. The van der Waals surface area contributed by atoms with Crippen molar-refractivity contribution < 1.29 is 8.42 Å². The first-order valence-electron chi connectivity index (χ1n) is 4.84. The van der Waals surface area contributed by atoms with Crippen LogP contribution in [0.5, 0.6) is 0 Å². The van der Waals surface area contributed by atoms with E-state index in [0.717, 1.165) is 6.26 Å². The van der Waals surface area contributed by atoms with Crippen LogP contribution in [0, 0.1) is 0 Å². The fourth-order valence-corrected chi connectivity index (χ4v) is 1.68. The van der Waals surface area contributed by atoms with Gasteiger partial charge in [0, 0.05) is 13.1 Å². The summed E-state index contributed by atoms with van der Waals surface area (Å²) in [6.45, 7) is 0.721. The lowest BCUT2D eigenvalue weighted by atomic mass is 10.3. The SMILES string of the molecule is CS(=O)(=O)NCCNc1cccc(C(N)=S)n1. The van der Waals surface area contributed by atoms with Crippen LogP contribution in [0.1, 0.15) is 5.69 Å². The summed E-state index contributed by atoms with van der Waals surface area (Å²) in [7, 11) is -3.15. The molecule has 4 N–H and O–H groups in total. The number of rotatable bonds is 6. The van der Waals surface area contributed by atoms with Gasteiger partial charge in [0.2, 0.25) is 10.0 Å². The third-order valence-electron chi connectivity index (χ3n) is 1.80. The van der Waals surface area contributed by atoms with Crippen LogP contribution in [0.25, 0.3) is 0 Å². The van der Waals surface area contributed by atoms with Crippen molar-refractivity contribution in [3.05, 3.63) is 23.9 Å². The van der Waals surface area contributed by atoms with Crippen LogP contribution in [0.2, 0.25) is 0 Å². The maximum Gasteiger partial charge on any atom is 0.208 e. The van der Waals surface area contributed by atoms with Crippen LogP contribution in [0.3, 0.4) is 0 Å². The summed E-state index contributed by atoms with van der Waals surface area (Å²) in [6, 6.07) is 5.23. The summed E-state index contributed by atoms with van der Waals surface area (Å²) < 4.78 is 24.0. The molecule has 0 aliphatic heterocycles. The average Bonchev–Trinajstić information content (AvgIpc) is 2.23. The van der Waals surface area contributed by atoms with E-state index in [2.05, 4.69) is 15.0 Å². The van der Waals surface area contributed by atoms with Crippen molar-refractivity contribution in [1.29, 1.82) is 0 Å². The summed E-state index contributed by atoms with van der Waals surface area (Å²) >= 11 is 4.80. The second kappa shape index (κ2) is 5.89. The average molecular weight is 274 g/mol. The van der Waals surface area contributed by atoms with Gasteiger partial charge in [0.05, 0.1) is 11.9 Å². The molecule has 0 aromatic carbocycles. The van der Waals surface area contributed by atoms with E-state index >= 15 is 0 Å². The molecule has 0 bridgehead atoms. The zero-order valence-corrected chi connectivity index (χ0v) is 10.9. The second-order valence-electron chi connectivity index (χ2n) is 3.37. The Hall–Kier alpha value is -1.25. The molecule has 17 heavy (non-hydrogen) atoms. The summed E-state index contributed by atoms with van der Waals surface area (Å²) in [5.74, 6) is 0.602. The molecule has 0 spiro atoms. The lowest BCUT2D eigenvalue weighted by Gasteiger charge is -2.07. The van der Waals surface area contributed by atoms with Gasteiger partial charge in [0.1, 0.15) is 10.8 Å². The molecule has 0 saturated carbocycles. The van der Waals surface area contributed by atoms with E-state index in [-0.39, 0.29) is 11.5 Å². The van der Waals surface area contributed by atoms with Crippen LogP contribution in [-0.2, 0) is 10.0 Å². The van der Waals surface area contributed by atoms with Crippen molar-refractivity contribution in [3.8, 4) is 0 Å². The molecule has 1 heterocycles. The third kappa shape index (κ3) is 5.57. The highest BCUT2D eigenvalue weighted by Gasteiger charge is 2.01. The zero-order valence-electron chi connectivity index (χ0n) is 9.30. The number of pyridine rings is 1. The Bertz CT molecular complexity index is 501. The van der Waals surface area contributed by atoms with Gasteiger partial charge in [-0.3, -0.25) is 0 Å². The van der Waals surface area contributed by atoms with Gasteiger partial charge in [0.25, 0.3) is 0 Å². The molecule has 6 nitrogen and oxygen atoms in total. The summed E-state index contributed by atoms with van der Waals surface area (Å²) in [6.07, 6.45) is 1.11. The molecule has 0 aliphatic rings. The van der Waals surface area contributed by atoms with Gasteiger partial charge in [-0.05, 0) is 12.1 Å². The van der Waals surface area contributed by atoms with Gasteiger partial charge in [-0.15, -0.1) is 0 Å². The largest absolute Gasteiger partial charge is 0.388 e. The van der Waals surface area contributed by atoms with Crippen molar-refractivity contribution in [2.24, 2.45) is 5.73 Å². The minimum Gasteiger partial charge on any atom is -0.388 e. The first-order chi connectivity index (χ1) is 7.88. The van der Waals surface area contributed by atoms with E-state index in [1.54, 1.807) is 18.2 Å². The number of nitrogens with zero attached hydrogens (tertiary/aromatic N) is 1. The number of sulfonamides is 1. The molecule has 0 fully saturated rings. The highest BCUT2D eigenvalue weighted by Crippen LogP contribution is 2.03. The van der Waals surface area contributed by atoms with Gasteiger partial charge in [-0.2, -0.15) is 0 Å². The molecule has 1 aromatic rings. The molecular formula is C9H14N4O2S2. The number of hydrogen-bond donors (Lipinski definition) is 3. The van der Waals surface area contributed by atoms with Crippen LogP contribution in [0.15, 0.2) is 18.2 Å². The van der Waals surface area contributed by atoms with Crippen molar-refractivity contribution in [2.75, 3.05) is 24.7 Å². The van der Waals surface area contributed by atoms with E-state index in [9.17, 15) is 8.42 Å². The van der Waals surface area contributed by atoms with Gasteiger partial charge in [-0.25, -0.2) is 18.1 Å². The number of thiocarbonyl (C=S) groups is 1. The maximum atomic E-state index is 10.8. The van der Waals surface area contributed by atoms with Crippen LogP contribution in [0.4, 0.5) is 5.82 Å². The third-order valence-corrected chi connectivity index (χ3v) is 2.73. The van der Waals surface area contributed by atoms with Gasteiger partial charge >= 0.3 is 0 Å². The van der Waals surface area contributed by atoms with E-state index in [0.29, 0.717) is 18.1 Å². The van der Waals surface area contributed by atoms with Crippen LogP contribution >= 0.6 is 12.2 Å². The van der Waals surface area contributed by atoms with Gasteiger partial charge in [-0.1, -0.05) is 18.3 Å². The van der Waals surface area contributed by atoms with Crippen molar-refractivity contribution in [1.82, 2.24) is 9.71 Å². The summed E-state index contributed by atoms with van der Waals surface area (Å²) in [4.78, 5) is 4.38. The Kier molecular flexibility index (Phi) is 4.79. The van der Waals surface area contributed by atoms with Gasteiger partial charge in [0.15, 0.2) is 0 Å². The normalized spacial score (nSPS) is 11.1. The fraction of sp³-hybridized carbons (Fsp3) is 0.333. The Labute approximate surface area is 106 Å². The predicted octanol–water partition coefficient (Wildman–Crippen LogP) is -0.323. The standard InChI is InChI=1S/C9H14N4O2S2/c1-17(14,15)12-6-5-11-8-4-2-3-7(13-8)9(10)16/h2-4,12H,5-6H2,1H3,(H2,10,16)(H,11,13). The summed E-state index contributed by atoms with van der Waals surface area (Å²) in [5.41, 5.74) is 5.97. The lowest BCUT2D eigenvalue weighted by molar-refractivity contribution is 0.589. The van der Waals surface area contributed by atoms with Crippen molar-refractivity contribution in [3.63, 3.8) is 0 Å². The molecular weight excluding hydrogens is 260 g/mol. The molecule has 0 aliphatic carbocycles. The van der Waals surface area contributed by atoms with Crippen LogP contribution in [-0.4, -0.2) is 37.7 Å². The molecule has 1 aromatic heterocycles. The van der Waals surface area contributed by atoms with E-state index in [1.807, 2.05) is 0 Å². The highest BCUT2D eigenvalue weighted by atomic mass is 32.2. The predicted molar refractivity (Wildman–Crippen MR) is 71.5 cm³/mol. The smallest absolute Gasteiger partial charge is 0.208 e. The second-order valence-corrected chi connectivity index (χ2v) is 5.64. The fourth-order valence-electron chi connectivity index (χ4n) is 1.10. The molecule has 8 heteroatoms. The molecule has 0 atom stereocenters. The van der Waals surface area contributed by atoms with Gasteiger partial charge < -0.3 is 11.1 Å². The monoisotopic (exact) mass is 274 g/mol. The minimum atomic E-state index is -3.15. The van der Waals surface area contributed by atoms with E-state index in [1.165, 1.54) is 0 Å². The first kappa shape index (κ1) is 13.8. The van der Waals surface area contributed by atoms with Crippen molar-refractivity contribution in [2.45, 2.75) is 0 Å². The van der Waals surface area contributed by atoms with E-state index < -0.39 is 10.0 Å². The molecule has 0 radical (unpaired) electrons. The molecule has 94 valence electrons. The number of nitrogens with one attached hydrogen (secondary N) is 2. The highest BCUT2D eigenvalue weighted by molar-refractivity contribution is 7.88. The Morgan fingerprint density at radius 3 is 2.76 bits per heavy atom. The number of aromatic nitrogens is 1. The van der Waals surface area contributed by atoms with Crippen LogP contribution < -0.4 is 15.8 Å². The first-order valence-corrected chi connectivity index (χ1v) is 7.14. The van der Waals surface area contributed by atoms with E-state index in [4.69, 9.17) is 18.0 Å². The number of nitrogens with two attached hydrogens (primary N) is 1. The Morgan fingerprint density at radius 2 is 2.18 bits per heavy atom. The number of anilines is 1.